The number of hydrogen-bond donors (Lipinski definition) is 4. The molecular formula is C33H32O6. The average Bonchev–Trinajstić information content (AvgIpc) is 2.92. The number of carbonyl (C=O) groups is 2. The first-order chi connectivity index (χ1) is 18.5. The third kappa shape index (κ3) is 5.50. The largest absolute Gasteiger partial charge is 0.507 e. The van der Waals surface area contributed by atoms with Crippen LogP contribution < -0.4 is 0 Å². The smallest absolute Gasteiger partial charge is 0.153 e. The van der Waals surface area contributed by atoms with Gasteiger partial charge in [-0.1, -0.05) is 24.3 Å². The van der Waals surface area contributed by atoms with E-state index in [1.807, 2.05) is 39.8 Å². The summed E-state index contributed by atoms with van der Waals surface area (Å²) in [5, 5.41) is 41.6. The Morgan fingerprint density at radius 1 is 0.564 bits per heavy atom. The van der Waals surface area contributed by atoms with Gasteiger partial charge in [0.15, 0.2) is 12.6 Å². The minimum atomic E-state index is -0.0803. The van der Waals surface area contributed by atoms with E-state index in [-0.39, 0.29) is 34.1 Å². The highest BCUT2D eigenvalue weighted by Gasteiger charge is 2.18. The van der Waals surface area contributed by atoms with Gasteiger partial charge in [-0.2, -0.15) is 0 Å². The summed E-state index contributed by atoms with van der Waals surface area (Å²) >= 11 is 0. The number of aldehydes is 2. The van der Waals surface area contributed by atoms with Crippen LogP contribution in [-0.4, -0.2) is 33.0 Å². The molecule has 4 N–H and O–H groups in total. The Labute approximate surface area is 227 Å². The lowest BCUT2D eigenvalue weighted by atomic mass is 9.86. The zero-order valence-corrected chi connectivity index (χ0v) is 22.5. The minimum absolute atomic E-state index is 0.0803. The first-order valence-electron chi connectivity index (χ1n) is 12.7. The van der Waals surface area contributed by atoms with Gasteiger partial charge >= 0.3 is 0 Å². The van der Waals surface area contributed by atoms with Gasteiger partial charge in [0.1, 0.15) is 23.0 Å². The third-order valence-electron chi connectivity index (χ3n) is 7.55. The predicted octanol–water partition coefficient (Wildman–Crippen LogP) is 6.14. The lowest BCUT2D eigenvalue weighted by Gasteiger charge is -2.20. The number of hydrogen-bond acceptors (Lipinski definition) is 6. The summed E-state index contributed by atoms with van der Waals surface area (Å²) in [6, 6.07) is 13.6. The van der Waals surface area contributed by atoms with Crippen molar-refractivity contribution in [2.45, 2.75) is 47.0 Å². The van der Waals surface area contributed by atoms with E-state index in [0.717, 1.165) is 55.6 Å². The molecule has 0 saturated heterocycles. The van der Waals surface area contributed by atoms with Crippen molar-refractivity contribution in [2.75, 3.05) is 0 Å². The highest BCUT2D eigenvalue weighted by atomic mass is 16.3. The topological polar surface area (TPSA) is 115 Å². The van der Waals surface area contributed by atoms with Crippen molar-refractivity contribution in [3.05, 3.63) is 115 Å². The number of benzene rings is 4. The van der Waals surface area contributed by atoms with E-state index in [4.69, 9.17) is 0 Å². The zero-order valence-electron chi connectivity index (χ0n) is 22.5. The van der Waals surface area contributed by atoms with E-state index in [1.165, 1.54) is 12.1 Å². The van der Waals surface area contributed by atoms with Gasteiger partial charge in [0.2, 0.25) is 0 Å². The number of carbonyl (C=O) groups excluding carboxylic acids is 2. The molecule has 4 rings (SSSR count). The van der Waals surface area contributed by atoms with Crippen molar-refractivity contribution in [3.8, 4) is 23.0 Å². The molecule has 6 heteroatoms. The van der Waals surface area contributed by atoms with Crippen LogP contribution in [0.1, 0.15) is 76.4 Å². The Kier molecular flexibility index (Phi) is 7.77. The highest BCUT2D eigenvalue weighted by Crippen LogP contribution is 2.36. The van der Waals surface area contributed by atoms with Crippen LogP contribution in [0.4, 0.5) is 0 Å². The lowest BCUT2D eigenvalue weighted by molar-refractivity contribution is 0.111. The summed E-state index contributed by atoms with van der Waals surface area (Å²) in [5.74, 6) is 0.246. The van der Waals surface area contributed by atoms with Crippen LogP contribution >= 0.6 is 0 Å². The monoisotopic (exact) mass is 524 g/mol. The maximum absolute atomic E-state index is 11.3. The third-order valence-corrected chi connectivity index (χ3v) is 7.55. The van der Waals surface area contributed by atoms with E-state index < -0.39 is 0 Å². The summed E-state index contributed by atoms with van der Waals surface area (Å²) in [4.78, 5) is 22.6. The molecule has 0 atom stereocenters. The second-order valence-corrected chi connectivity index (χ2v) is 10.2. The molecule has 0 unspecified atom stereocenters. The van der Waals surface area contributed by atoms with Gasteiger partial charge < -0.3 is 20.4 Å². The summed E-state index contributed by atoms with van der Waals surface area (Å²) in [6.45, 7) is 7.63. The molecule has 0 aliphatic heterocycles. The van der Waals surface area contributed by atoms with Crippen LogP contribution in [0.5, 0.6) is 23.0 Å². The van der Waals surface area contributed by atoms with Crippen LogP contribution in [0.2, 0.25) is 0 Å². The maximum atomic E-state index is 11.3. The molecule has 0 saturated carbocycles. The molecule has 0 fully saturated rings. The molecule has 39 heavy (non-hydrogen) atoms. The molecule has 4 aromatic carbocycles. The number of aryl methyl sites for hydroxylation is 2. The molecule has 0 radical (unpaired) electrons. The molecule has 6 nitrogen and oxygen atoms in total. The second-order valence-electron chi connectivity index (χ2n) is 10.2. The van der Waals surface area contributed by atoms with E-state index in [1.54, 1.807) is 24.3 Å². The number of rotatable bonds is 8. The average molecular weight is 525 g/mol. The normalized spacial score (nSPS) is 11.0. The predicted molar refractivity (Wildman–Crippen MR) is 151 cm³/mol. The van der Waals surface area contributed by atoms with Crippen molar-refractivity contribution in [2.24, 2.45) is 0 Å². The van der Waals surface area contributed by atoms with Gasteiger partial charge in [-0.15, -0.1) is 0 Å². The van der Waals surface area contributed by atoms with E-state index in [9.17, 15) is 30.0 Å². The Morgan fingerprint density at radius 3 is 1.31 bits per heavy atom. The summed E-state index contributed by atoms with van der Waals surface area (Å²) in [6.07, 6.45) is 2.58. The molecule has 4 aromatic rings. The fraction of sp³-hybridized carbons (Fsp3) is 0.212. The second kappa shape index (κ2) is 11.0. The summed E-state index contributed by atoms with van der Waals surface area (Å²) < 4.78 is 0. The SMILES string of the molecule is Cc1cc(Cc2cc(C)c(O)c(Cc3ccc(O)c(C=O)c3)c2C)c(C)c(Cc2ccc(O)c(C=O)c2)c1O. The highest BCUT2D eigenvalue weighted by molar-refractivity contribution is 5.80. The quantitative estimate of drug-likeness (QED) is 0.206. The number of aromatic hydroxyl groups is 4. The van der Waals surface area contributed by atoms with Gasteiger partial charge in [-0.05, 0) is 103 Å². The molecule has 0 aromatic heterocycles. The van der Waals surface area contributed by atoms with Crippen molar-refractivity contribution in [1.29, 1.82) is 0 Å². The molecular weight excluding hydrogens is 492 g/mol. The lowest BCUT2D eigenvalue weighted by Crippen LogP contribution is -2.05. The van der Waals surface area contributed by atoms with E-state index in [0.29, 0.717) is 31.8 Å². The van der Waals surface area contributed by atoms with Gasteiger partial charge in [0.25, 0.3) is 0 Å². The van der Waals surface area contributed by atoms with Gasteiger partial charge in [-0.3, -0.25) is 9.59 Å². The van der Waals surface area contributed by atoms with Crippen LogP contribution in [0.15, 0.2) is 48.5 Å². The van der Waals surface area contributed by atoms with Crippen molar-refractivity contribution in [3.63, 3.8) is 0 Å². The van der Waals surface area contributed by atoms with Gasteiger partial charge in [-0.25, -0.2) is 0 Å². The van der Waals surface area contributed by atoms with Crippen molar-refractivity contribution in [1.82, 2.24) is 0 Å². The fourth-order valence-electron chi connectivity index (χ4n) is 5.12. The van der Waals surface area contributed by atoms with Crippen LogP contribution in [0.25, 0.3) is 0 Å². The van der Waals surface area contributed by atoms with E-state index >= 15 is 0 Å². The summed E-state index contributed by atoms with van der Waals surface area (Å²) in [5.41, 5.74) is 8.90. The molecule has 0 amide bonds. The number of phenolic OH excluding ortho intramolecular Hbond substituents is 4. The minimum Gasteiger partial charge on any atom is -0.507 e. The van der Waals surface area contributed by atoms with Crippen molar-refractivity contribution < 1.29 is 30.0 Å². The first kappa shape index (κ1) is 27.5. The summed E-state index contributed by atoms with van der Waals surface area (Å²) in [7, 11) is 0. The zero-order chi connectivity index (χ0) is 28.4. The Balaban J connectivity index is 1.73. The maximum Gasteiger partial charge on any atom is 0.153 e. The van der Waals surface area contributed by atoms with Crippen molar-refractivity contribution >= 4 is 12.6 Å². The molecule has 0 aliphatic carbocycles. The fourth-order valence-corrected chi connectivity index (χ4v) is 5.12. The molecule has 0 aliphatic rings. The Morgan fingerprint density at radius 2 is 0.949 bits per heavy atom. The molecule has 0 spiro atoms. The number of phenols is 4. The Hall–Kier alpha value is -4.58. The molecule has 200 valence electrons. The standard InChI is InChI=1S/C33H32O6/c1-18-9-24(20(3)28(32(18)38)13-22-5-7-30(36)26(11-22)16-34)15-25-10-19(2)33(39)29(21(25)4)14-23-6-8-31(37)27(12-23)17-35/h5-12,16-17,36-39H,13-15H2,1-4H3. The molecule has 0 heterocycles. The Bertz CT molecular complexity index is 1480. The first-order valence-corrected chi connectivity index (χ1v) is 12.7. The molecule has 0 bridgehead atoms. The van der Waals surface area contributed by atoms with Crippen LogP contribution in [0, 0.1) is 27.7 Å². The van der Waals surface area contributed by atoms with Crippen LogP contribution in [-0.2, 0) is 19.3 Å². The van der Waals surface area contributed by atoms with Gasteiger partial charge in [0.05, 0.1) is 11.1 Å². The van der Waals surface area contributed by atoms with E-state index in [2.05, 4.69) is 0 Å². The van der Waals surface area contributed by atoms with Gasteiger partial charge in [0, 0.05) is 24.0 Å². The van der Waals surface area contributed by atoms with Crippen LogP contribution in [0.3, 0.4) is 0 Å².